The van der Waals surface area contributed by atoms with Crippen LogP contribution in [0.15, 0.2) is 168 Å². The molecule has 0 aromatic heterocycles. The number of nitro groups is 1. The maximum atomic E-state index is 10.9. The summed E-state index contributed by atoms with van der Waals surface area (Å²) >= 11 is 0. The van der Waals surface area contributed by atoms with Gasteiger partial charge in [-0.3, -0.25) is 10.1 Å². The Hall–Kier alpha value is -5.88. The van der Waals surface area contributed by atoms with Crippen molar-refractivity contribution in [3.8, 4) is 22.3 Å². The molecule has 0 saturated heterocycles. The third-order valence-corrected chi connectivity index (χ3v) is 6.91. The number of nitro benzene ring substituents is 1. The summed E-state index contributed by atoms with van der Waals surface area (Å²) in [5.74, 6) is 0. The average molecular weight is 547 g/mol. The number of hydrogen-bond donors (Lipinski definition) is 0. The number of benzene rings is 6. The van der Waals surface area contributed by atoms with Crippen LogP contribution in [0.3, 0.4) is 0 Å². The first-order valence-corrected chi connectivity index (χ1v) is 13.5. The van der Waals surface area contributed by atoms with Gasteiger partial charge in [-0.2, -0.15) is 10.2 Å². The lowest BCUT2D eigenvalue weighted by atomic mass is 10.0. The quantitative estimate of drug-likeness (QED) is 0.108. The van der Waals surface area contributed by atoms with Crippen LogP contribution in [0, 0.1) is 10.1 Å². The maximum Gasteiger partial charge on any atom is 0.269 e. The van der Waals surface area contributed by atoms with Crippen molar-refractivity contribution in [3.05, 3.63) is 168 Å². The highest BCUT2D eigenvalue weighted by Gasteiger charge is 2.13. The zero-order valence-corrected chi connectivity index (χ0v) is 22.6. The fraction of sp³-hybridized carbons (Fsp3) is 0. The monoisotopic (exact) mass is 546 g/mol. The molecule has 6 rings (SSSR count). The molecule has 0 atom stereocenters. The number of anilines is 3. The van der Waals surface area contributed by atoms with Gasteiger partial charge in [0, 0.05) is 29.2 Å². The van der Waals surface area contributed by atoms with Crippen LogP contribution < -0.4 is 4.90 Å². The molecule has 202 valence electrons. The standard InChI is InChI=1S/C36H26N4O2/c41-40(42)36-25-17-32(18-26-36)38-37-31-15-23-35(24-16-31)39(33-19-11-29(12-20-33)27-7-3-1-4-8-27)34-21-13-30(14-22-34)28-9-5-2-6-10-28/h1-26H. The first-order valence-electron chi connectivity index (χ1n) is 13.5. The van der Waals surface area contributed by atoms with Crippen LogP contribution in [0.5, 0.6) is 0 Å². The lowest BCUT2D eigenvalue weighted by Gasteiger charge is -2.26. The molecule has 0 bridgehead atoms. The molecule has 0 aliphatic heterocycles. The molecular formula is C36H26N4O2. The average Bonchev–Trinajstić information content (AvgIpc) is 3.06. The third-order valence-electron chi connectivity index (χ3n) is 6.91. The SMILES string of the molecule is O=[N+]([O-])c1ccc(N=Nc2ccc(N(c3ccc(-c4ccccc4)cc3)c3ccc(-c4ccccc4)cc3)cc2)cc1. The van der Waals surface area contributed by atoms with Crippen molar-refractivity contribution >= 4 is 34.1 Å². The second kappa shape index (κ2) is 12.1. The molecule has 0 N–H and O–H groups in total. The van der Waals surface area contributed by atoms with E-state index in [1.165, 1.54) is 23.3 Å². The summed E-state index contributed by atoms with van der Waals surface area (Å²) in [4.78, 5) is 12.7. The van der Waals surface area contributed by atoms with E-state index in [0.717, 1.165) is 28.2 Å². The molecule has 6 aromatic carbocycles. The van der Waals surface area contributed by atoms with Gasteiger partial charge in [0.05, 0.1) is 16.3 Å². The first-order chi connectivity index (χ1) is 20.6. The molecule has 42 heavy (non-hydrogen) atoms. The van der Waals surface area contributed by atoms with E-state index in [-0.39, 0.29) is 5.69 Å². The third kappa shape index (κ3) is 5.98. The Labute approximate surface area is 244 Å². The van der Waals surface area contributed by atoms with Crippen LogP contribution in [0.2, 0.25) is 0 Å². The van der Waals surface area contributed by atoms with Crippen LogP contribution in [-0.2, 0) is 0 Å². The van der Waals surface area contributed by atoms with Gasteiger partial charge in [-0.25, -0.2) is 0 Å². The van der Waals surface area contributed by atoms with Crippen molar-refractivity contribution < 1.29 is 4.92 Å². The molecule has 0 aliphatic rings. The molecule has 0 amide bonds. The van der Waals surface area contributed by atoms with Gasteiger partial charge in [0.15, 0.2) is 0 Å². The highest BCUT2D eigenvalue weighted by Crippen LogP contribution is 2.37. The van der Waals surface area contributed by atoms with E-state index in [4.69, 9.17) is 0 Å². The normalized spacial score (nSPS) is 11.0. The molecule has 0 radical (unpaired) electrons. The predicted molar refractivity (Wildman–Crippen MR) is 169 cm³/mol. The topological polar surface area (TPSA) is 71.1 Å². The highest BCUT2D eigenvalue weighted by atomic mass is 16.6. The molecule has 6 nitrogen and oxygen atoms in total. The summed E-state index contributed by atoms with van der Waals surface area (Å²) in [6, 6.07) is 51.6. The van der Waals surface area contributed by atoms with Crippen LogP contribution in [0.4, 0.5) is 34.1 Å². The van der Waals surface area contributed by atoms with Crippen LogP contribution >= 0.6 is 0 Å². The number of non-ortho nitro benzene ring substituents is 1. The Kier molecular flexibility index (Phi) is 7.59. The van der Waals surface area contributed by atoms with Gasteiger partial charge in [-0.15, -0.1) is 0 Å². The molecule has 0 aliphatic carbocycles. The highest BCUT2D eigenvalue weighted by molar-refractivity contribution is 5.80. The Morgan fingerprint density at radius 1 is 0.429 bits per heavy atom. The van der Waals surface area contributed by atoms with Crippen LogP contribution in [0.25, 0.3) is 22.3 Å². The van der Waals surface area contributed by atoms with Crippen molar-refractivity contribution in [1.82, 2.24) is 0 Å². The van der Waals surface area contributed by atoms with E-state index in [1.54, 1.807) is 12.1 Å². The Morgan fingerprint density at radius 3 is 1.14 bits per heavy atom. The van der Waals surface area contributed by atoms with Gasteiger partial charge in [0.1, 0.15) is 0 Å². The largest absolute Gasteiger partial charge is 0.311 e. The number of hydrogen-bond acceptors (Lipinski definition) is 5. The minimum absolute atomic E-state index is 0.0204. The Balaban J connectivity index is 1.31. The molecule has 0 fully saturated rings. The molecule has 0 heterocycles. The molecular weight excluding hydrogens is 520 g/mol. The lowest BCUT2D eigenvalue weighted by molar-refractivity contribution is -0.384. The second-order valence-corrected chi connectivity index (χ2v) is 9.65. The zero-order chi connectivity index (χ0) is 28.7. The minimum atomic E-state index is -0.435. The molecule has 6 heteroatoms. The van der Waals surface area contributed by atoms with Gasteiger partial charge < -0.3 is 4.90 Å². The van der Waals surface area contributed by atoms with E-state index >= 15 is 0 Å². The van der Waals surface area contributed by atoms with E-state index in [0.29, 0.717) is 11.4 Å². The van der Waals surface area contributed by atoms with Gasteiger partial charge in [-0.1, -0.05) is 84.9 Å². The van der Waals surface area contributed by atoms with Crippen molar-refractivity contribution in [2.45, 2.75) is 0 Å². The summed E-state index contributed by atoms with van der Waals surface area (Å²) in [6.07, 6.45) is 0. The van der Waals surface area contributed by atoms with Crippen molar-refractivity contribution in [2.24, 2.45) is 10.2 Å². The van der Waals surface area contributed by atoms with Crippen LogP contribution in [0.1, 0.15) is 0 Å². The van der Waals surface area contributed by atoms with Crippen LogP contribution in [-0.4, -0.2) is 4.92 Å². The summed E-state index contributed by atoms with van der Waals surface area (Å²) in [7, 11) is 0. The molecule has 6 aromatic rings. The Morgan fingerprint density at radius 2 is 0.762 bits per heavy atom. The molecule has 0 spiro atoms. The smallest absolute Gasteiger partial charge is 0.269 e. The summed E-state index contributed by atoms with van der Waals surface area (Å²) < 4.78 is 0. The molecule has 0 saturated carbocycles. The van der Waals surface area contributed by atoms with Gasteiger partial charge in [-0.05, 0) is 82.9 Å². The van der Waals surface area contributed by atoms with E-state index in [1.807, 2.05) is 60.7 Å². The summed E-state index contributed by atoms with van der Waals surface area (Å²) in [6.45, 7) is 0. The zero-order valence-electron chi connectivity index (χ0n) is 22.6. The maximum absolute atomic E-state index is 10.9. The van der Waals surface area contributed by atoms with E-state index < -0.39 is 4.92 Å². The molecule has 0 unspecified atom stereocenters. The number of rotatable bonds is 8. The summed E-state index contributed by atoms with van der Waals surface area (Å²) in [5, 5.41) is 19.5. The minimum Gasteiger partial charge on any atom is -0.311 e. The van der Waals surface area contributed by atoms with Crippen molar-refractivity contribution in [2.75, 3.05) is 4.90 Å². The van der Waals surface area contributed by atoms with Crippen molar-refractivity contribution in [3.63, 3.8) is 0 Å². The first kappa shape index (κ1) is 26.3. The number of nitrogens with zero attached hydrogens (tertiary/aromatic N) is 4. The summed E-state index contributed by atoms with van der Waals surface area (Å²) in [5.41, 5.74) is 8.93. The number of azo groups is 1. The van der Waals surface area contributed by atoms with Crippen molar-refractivity contribution in [1.29, 1.82) is 0 Å². The van der Waals surface area contributed by atoms with Gasteiger partial charge in [0.25, 0.3) is 5.69 Å². The van der Waals surface area contributed by atoms with E-state index in [9.17, 15) is 10.1 Å². The Bertz CT molecular complexity index is 1720. The van der Waals surface area contributed by atoms with Gasteiger partial charge in [0.2, 0.25) is 0 Å². The van der Waals surface area contributed by atoms with E-state index in [2.05, 4.69) is 87.9 Å². The predicted octanol–water partition coefficient (Wildman–Crippen LogP) is 10.8. The fourth-order valence-electron chi connectivity index (χ4n) is 4.74. The van der Waals surface area contributed by atoms with Gasteiger partial charge >= 0.3 is 0 Å². The fourth-order valence-corrected chi connectivity index (χ4v) is 4.74. The second-order valence-electron chi connectivity index (χ2n) is 9.65. The lowest BCUT2D eigenvalue weighted by Crippen LogP contribution is -2.09.